The van der Waals surface area contributed by atoms with Crippen molar-refractivity contribution < 1.29 is 4.42 Å². The number of benzene rings is 4. The lowest BCUT2D eigenvalue weighted by Gasteiger charge is -2.20. The van der Waals surface area contributed by atoms with Crippen molar-refractivity contribution >= 4 is 38.4 Å². The van der Waals surface area contributed by atoms with Crippen molar-refractivity contribution in [2.24, 2.45) is 0 Å². The van der Waals surface area contributed by atoms with Crippen molar-refractivity contribution in [3.05, 3.63) is 115 Å². The maximum atomic E-state index is 6.15. The molecule has 1 N–H and O–H groups in total. The maximum Gasteiger partial charge on any atom is 0.136 e. The standard InChI is InChI=1S/C29H20N2O/c1-2-6-22-17-28-25(15-21(22)5-1)24-16-23(12-13-27(24)32-28)19-8-10-20(11-9-19)26-18-31-14-4-3-7-29(31)30-26/h1-18,29-30H. The molecule has 32 heavy (non-hydrogen) atoms. The van der Waals surface area contributed by atoms with E-state index >= 15 is 0 Å². The van der Waals surface area contributed by atoms with E-state index in [0.29, 0.717) is 0 Å². The van der Waals surface area contributed by atoms with Gasteiger partial charge in [-0.15, -0.1) is 0 Å². The second-order valence-corrected chi connectivity index (χ2v) is 8.39. The Morgan fingerprint density at radius 1 is 0.688 bits per heavy atom. The molecule has 2 aliphatic rings. The zero-order valence-electron chi connectivity index (χ0n) is 17.3. The van der Waals surface area contributed by atoms with Gasteiger partial charge in [-0.3, -0.25) is 0 Å². The first-order chi connectivity index (χ1) is 15.8. The summed E-state index contributed by atoms with van der Waals surface area (Å²) >= 11 is 0. The average Bonchev–Trinajstić information content (AvgIpc) is 3.43. The van der Waals surface area contributed by atoms with Gasteiger partial charge in [-0.1, -0.05) is 60.7 Å². The van der Waals surface area contributed by atoms with Gasteiger partial charge in [0.2, 0.25) is 0 Å². The van der Waals surface area contributed by atoms with Gasteiger partial charge in [0.25, 0.3) is 0 Å². The van der Waals surface area contributed by atoms with E-state index in [4.69, 9.17) is 4.42 Å². The summed E-state index contributed by atoms with van der Waals surface area (Å²) in [5.74, 6) is 0. The summed E-state index contributed by atoms with van der Waals surface area (Å²) in [6.45, 7) is 0. The minimum atomic E-state index is 0.211. The third-order valence-corrected chi connectivity index (χ3v) is 6.43. The molecule has 0 saturated heterocycles. The normalized spacial score (nSPS) is 17.2. The van der Waals surface area contributed by atoms with E-state index in [1.54, 1.807) is 0 Å². The van der Waals surface area contributed by atoms with Crippen LogP contribution in [0.1, 0.15) is 5.56 Å². The molecule has 1 unspecified atom stereocenters. The SMILES string of the molecule is C1=CC2NC(c3ccc(-c4ccc5oc6cc7ccccc7cc6c5c4)cc3)=CN2C=C1. The zero-order valence-corrected chi connectivity index (χ0v) is 17.3. The van der Waals surface area contributed by atoms with Gasteiger partial charge in [-0.05, 0) is 63.9 Å². The molecule has 3 heteroatoms. The van der Waals surface area contributed by atoms with Crippen LogP contribution in [0.5, 0.6) is 0 Å². The zero-order chi connectivity index (χ0) is 21.1. The highest BCUT2D eigenvalue weighted by molar-refractivity contribution is 6.10. The van der Waals surface area contributed by atoms with E-state index in [-0.39, 0.29) is 6.17 Å². The predicted molar refractivity (Wildman–Crippen MR) is 132 cm³/mol. The van der Waals surface area contributed by atoms with Crippen molar-refractivity contribution in [2.75, 3.05) is 0 Å². The van der Waals surface area contributed by atoms with Gasteiger partial charge >= 0.3 is 0 Å². The Morgan fingerprint density at radius 2 is 1.44 bits per heavy atom. The Balaban J connectivity index is 1.27. The van der Waals surface area contributed by atoms with Gasteiger partial charge in [-0.25, -0.2) is 0 Å². The summed E-state index contributed by atoms with van der Waals surface area (Å²) in [5.41, 5.74) is 6.57. The van der Waals surface area contributed by atoms with Gasteiger partial charge in [0.15, 0.2) is 0 Å². The summed E-state index contributed by atoms with van der Waals surface area (Å²) in [4.78, 5) is 2.19. The van der Waals surface area contributed by atoms with E-state index in [9.17, 15) is 0 Å². The molecule has 2 aliphatic heterocycles. The highest BCUT2D eigenvalue weighted by atomic mass is 16.3. The van der Waals surface area contributed by atoms with E-state index in [0.717, 1.165) is 27.6 Å². The van der Waals surface area contributed by atoms with Crippen LogP contribution < -0.4 is 5.32 Å². The second-order valence-electron chi connectivity index (χ2n) is 8.39. The van der Waals surface area contributed by atoms with Crippen LogP contribution >= 0.6 is 0 Å². The van der Waals surface area contributed by atoms with Gasteiger partial charge in [0.05, 0.1) is 5.70 Å². The fourth-order valence-corrected chi connectivity index (χ4v) is 4.74. The van der Waals surface area contributed by atoms with Crippen LogP contribution in [0.25, 0.3) is 49.5 Å². The Bertz CT molecular complexity index is 1600. The Labute approximate surface area is 185 Å². The van der Waals surface area contributed by atoms with E-state index in [1.165, 1.54) is 27.5 Å². The Hall–Kier alpha value is -4.24. The molecule has 0 aliphatic carbocycles. The second kappa shape index (κ2) is 6.63. The lowest BCUT2D eigenvalue weighted by Crippen LogP contribution is -2.31. The number of nitrogens with zero attached hydrogens (tertiary/aromatic N) is 1. The van der Waals surface area contributed by atoms with E-state index in [1.807, 2.05) is 0 Å². The van der Waals surface area contributed by atoms with Crippen LogP contribution in [0.4, 0.5) is 0 Å². The van der Waals surface area contributed by atoms with Crippen LogP contribution in [0.3, 0.4) is 0 Å². The molecular formula is C29H20N2O. The largest absolute Gasteiger partial charge is 0.456 e. The number of furan rings is 1. The first kappa shape index (κ1) is 17.4. The molecule has 0 radical (unpaired) electrons. The van der Waals surface area contributed by atoms with Crippen LogP contribution in [0.2, 0.25) is 0 Å². The van der Waals surface area contributed by atoms with Crippen molar-refractivity contribution in [3.8, 4) is 11.1 Å². The fraction of sp³-hybridized carbons (Fsp3) is 0.0345. The lowest BCUT2D eigenvalue weighted by atomic mass is 10.00. The van der Waals surface area contributed by atoms with Gasteiger partial charge in [0, 0.05) is 23.2 Å². The Kier molecular flexibility index (Phi) is 3.61. The quantitative estimate of drug-likeness (QED) is 0.338. The number of rotatable bonds is 2. The van der Waals surface area contributed by atoms with E-state index in [2.05, 4.69) is 120 Å². The van der Waals surface area contributed by atoms with Crippen molar-refractivity contribution in [1.29, 1.82) is 0 Å². The summed E-state index contributed by atoms with van der Waals surface area (Å²) in [6, 6.07) is 28.0. The molecule has 0 fully saturated rings. The topological polar surface area (TPSA) is 28.4 Å². The van der Waals surface area contributed by atoms with Crippen molar-refractivity contribution in [3.63, 3.8) is 0 Å². The smallest absolute Gasteiger partial charge is 0.136 e. The molecular weight excluding hydrogens is 392 g/mol. The molecule has 4 aromatic carbocycles. The predicted octanol–water partition coefficient (Wildman–Crippen LogP) is 7.02. The minimum Gasteiger partial charge on any atom is -0.456 e. The molecule has 7 rings (SSSR count). The highest BCUT2D eigenvalue weighted by Gasteiger charge is 2.21. The number of allylic oxidation sites excluding steroid dienone is 2. The first-order valence-corrected chi connectivity index (χ1v) is 10.9. The molecule has 0 spiro atoms. The number of nitrogens with one attached hydrogen (secondary N) is 1. The molecule has 0 amide bonds. The lowest BCUT2D eigenvalue weighted by molar-refractivity contribution is 0.427. The third kappa shape index (κ3) is 2.68. The van der Waals surface area contributed by atoms with Crippen molar-refractivity contribution in [2.45, 2.75) is 6.17 Å². The Morgan fingerprint density at radius 3 is 2.28 bits per heavy atom. The van der Waals surface area contributed by atoms with Gasteiger partial charge < -0.3 is 14.6 Å². The summed E-state index contributed by atoms with van der Waals surface area (Å²) in [5, 5.41) is 8.31. The van der Waals surface area contributed by atoms with E-state index < -0.39 is 0 Å². The maximum absolute atomic E-state index is 6.15. The number of hydrogen-bond donors (Lipinski definition) is 1. The summed E-state index contributed by atoms with van der Waals surface area (Å²) < 4.78 is 6.15. The van der Waals surface area contributed by atoms with Crippen LogP contribution in [-0.4, -0.2) is 11.1 Å². The fourth-order valence-electron chi connectivity index (χ4n) is 4.74. The number of fused-ring (bicyclic) bond motifs is 5. The van der Waals surface area contributed by atoms with Crippen LogP contribution in [0, 0.1) is 0 Å². The van der Waals surface area contributed by atoms with Gasteiger partial charge in [0.1, 0.15) is 17.3 Å². The molecule has 0 saturated carbocycles. The molecule has 152 valence electrons. The third-order valence-electron chi connectivity index (χ3n) is 6.43. The minimum absolute atomic E-state index is 0.211. The van der Waals surface area contributed by atoms with Gasteiger partial charge in [-0.2, -0.15) is 0 Å². The average molecular weight is 412 g/mol. The molecule has 3 nitrogen and oxygen atoms in total. The summed E-state index contributed by atoms with van der Waals surface area (Å²) in [6.07, 6.45) is 10.8. The molecule has 0 bridgehead atoms. The molecule has 3 heterocycles. The molecule has 5 aromatic rings. The monoisotopic (exact) mass is 412 g/mol. The summed E-state index contributed by atoms with van der Waals surface area (Å²) in [7, 11) is 0. The first-order valence-electron chi connectivity index (χ1n) is 10.9. The molecule has 1 atom stereocenters. The van der Waals surface area contributed by atoms with Crippen LogP contribution in [0.15, 0.2) is 114 Å². The number of hydrogen-bond acceptors (Lipinski definition) is 3. The van der Waals surface area contributed by atoms with Crippen LogP contribution in [-0.2, 0) is 0 Å². The van der Waals surface area contributed by atoms with Crippen molar-refractivity contribution in [1.82, 2.24) is 10.2 Å². The molecule has 1 aromatic heterocycles. The highest BCUT2D eigenvalue weighted by Crippen LogP contribution is 2.35.